The highest BCUT2D eigenvalue weighted by Crippen LogP contribution is 2.35. The summed E-state index contributed by atoms with van der Waals surface area (Å²) in [5.41, 5.74) is 7.74. The summed E-state index contributed by atoms with van der Waals surface area (Å²) in [7, 11) is 0. The molecule has 0 saturated heterocycles. The number of benzene rings is 2. The Bertz CT molecular complexity index is 845. The molecule has 3 rings (SSSR count). The quantitative estimate of drug-likeness (QED) is 0.706. The van der Waals surface area contributed by atoms with Crippen LogP contribution < -0.4 is 4.74 Å². The largest absolute Gasteiger partial charge is 0.489 e. The van der Waals surface area contributed by atoms with Gasteiger partial charge in [-0.3, -0.25) is 0 Å². The fraction of sp³-hybridized carbons (Fsp3) is 0.348. The van der Waals surface area contributed by atoms with E-state index in [2.05, 4.69) is 32.9 Å². The van der Waals surface area contributed by atoms with Crippen LogP contribution in [0.2, 0.25) is 0 Å². The highest BCUT2D eigenvalue weighted by molar-refractivity contribution is 5.70. The Morgan fingerprint density at radius 1 is 1.00 bits per heavy atom. The van der Waals surface area contributed by atoms with E-state index in [0.717, 1.165) is 37.0 Å². The lowest BCUT2D eigenvalue weighted by Gasteiger charge is -2.15. The molecule has 1 aliphatic carbocycles. The number of hydrogen-bond donors (Lipinski definition) is 0. The van der Waals surface area contributed by atoms with Gasteiger partial charge in [0.05, 0.1) is 0 Å². The van der Waals surface area contributed by atoms with Gasteiger partial charge in [0, 0.05) is 0 Å². The summed E-state index contributed by atoms with van der Waals surface area (Å²) in [5.74, 6) is 0.791. The number of rotatable bonds is 5. The first-order chi connectivity index (χ1) is 13.0. The third-order valence-electron chi connectivity index (χ3n) is 5.16. The summed E-state index contributed by atoms with van der Waals surface area (Å²) in [6, 6.07) is 11.1. The lowest BCUT2D eigenvalue weighted by Crippen LogP contribution is -2.04. The van der Waals surface area contributed by atoms with Crippen molar-refractivity contribution in [3.8, 4) is 5.75 Å². The fourth-order valence-electron chi connectivity index (χ4n) is 3.52. The number of hydrogen-bond acceptors (Lipinski definition) is 3. The van der Waals surface area contributed by atoms with Gasteiger partial charge < -0.3 is 4.74 Å². The van der Waals surface area contributed by atoms with Crippen molar-refractivity contribution < 1.29 is 18.7 Å². The smallest absolute Gasteiger partial charge is 0.373 e. The van der Waals surface area contributed by atoms with E-state index >= 15 is 0 Å². The standard InChI is InChI=1S/C22H25FO.CO2/c1-4-17-10-13-22(16(3)15(17)2)24-14-19-6-5-7-21(19)18-8-11-20(23)12-9-18;2-1-3/h8-13H,4-7,14H2,1-3H3;. The molecule has 0 unspecified atom stereocenters. The predicted molar refractivity (Wildman–Crippen MR) is 103 cm³/mol. The summed E-state index contributed by atoms with van der Waals surface area (Å²) in [4.78, 5) is 16.2. The van der Waals surface area contributed by atoms with E-state index in [0.29, 0.717) is 6.61 Å². The van der Waals surface area contributed by atoms with Crippen molar-refractivity contribution >= 4 is 11.7 Å². The van der Waals surface area contributed by atoms with Crippen LogP contribution in [0.1, 0.15) is 48.4 Å². The summed E-state index contributed by atoms with van der Waals surface area (Å²) in [5, 5.41) is 0. The number of ether oxygens (including phenoxy) is 1. The molecule has 2 aromatic carbocycles. The second-order valence-electron chi connectivity index (χ2n) is 6.64. The molecule has 0 bridgehead atoms. The predicted octanol–water partition coefficient (Wildman–Crippen LogP) is 5.44. The normalized spacial score (nSPS) is 13.0. The molecule has 0 fully saturated rings. The summed E-state index contributed by atoms with van der Waals surface area (Å²) < 4.78 is 19.3. The zero-order chi connectivity index (χ0) is 19.8. The zero-order valence-electron chi connectivity index (χ0n) is 16.1. The van der Waals surface area contributed by atoms with E-state index in [1.165, 1.54) is 40.0 Å². The molecule has 0 spiro atoms. The summed E-state index contributed by atoms with van der Waals surface area (Å²) in [6.45, 7) is 7.10. The molecule has 0 saturated carbocycles. The molecule has 0 amide bonds. The van der Waals surface area contributed by atoms with Crippen LogP contribution in [0.15, 0.2) is 42.0 Å². The van der Waals surface area contributed by atoms with Crippen LogP contribution in [0, 0.1) is 19.7 Å². The number of aryl methyl sites for hydroxylation is 1. The van der Waals surface area contributed by atoms with Crippen LogP contribution in [0.25, 0.3) is 5.57 Å². The highest BCUT2D eigenvalue weighted by Gasteiger charge is 2.17. The molecule has 0 heterocycles. The first-order valence-electron chi connectivity index (χ1n) is 9.19. The van der Waals surface area contributed by atoms with Crippen molar-refractivity contribution in [1.29, 1.82) is 0 Å². The number of allylic oxidation sites excluding steroid dienone is 1. The van der Waals surface area contributed by atoms with Crippen LogP contribution in [0.4, 0.5) is 4.39 Å². The van der Waals surface area contributed by atoms with Crippen molar-refractivity contribution in [1.82, 2.24) is 0 Å². The van der Waals surface area contributed by atoms with Gasteiger partial charge >= 0.3 is 6.15 Å². The Hall–Kier alpha value is -2.71. The van der Waals surface area contributed by atoms with E-state index < -0.39 is 0 Å². The summed E-state index contributed by atoms with van der Waals surface area (Å²) in [6.07, 6.45) is 4.57. The second-order valence-corrected chi connectivity index (χ2v) is 6.64. The molecule has 0 atom stereocenters. The molecule has 3 nitrogen and oxygen atoms in total. The van der Waals surface area contributed by atoms with Crippen LogP contribution in [-0.2, 0) is 16.0 Å². The van der Waals surface area contributed by atoms with Crippen molar-refractivity contribution in [2.75, 3.05) is 6.61 Å². The van der Waals surface area contributed by atoms with Crippen molar-refractivity contribution in [2.45, 2.75) is 46.5 Å². The van der Waals surface area contributed by atoms with Gasteiger partial charge in [-0.25, -0.2) is 4.39 Å². The average Bonchev–Trinajstić information content (AvgIpc) is 3.13. The molecule has 27 heavy (non-hydrogen) atoms. The van der Waals surface area contributed by atoms with Gasteiger partial charge in [-0.15, -0.1) is 0 Å². The third kappa shape index (κ3) is 5.15. The minimum Gasteiger partial charge on any atom is -0.489 e. The molecular weight excluding hydrogens is 343 g/mol. The zero-order valence-corrected chi connectivity index (χ0v) is 16.1. The third-order valence-corrected chi connectivity index (χ3v) is 5.16. The van der Waals surface area contributed by atoms with Gasteiger partial charge in [-0.1, -0.05) is 25.1 Å². The minimum absolute atomic E-state index is 0.183. The van der Waals surface area contributed by atoms with Gasteiger partial charge in [0.2, 0.25) is 0 Å². The number of halogens is 1. The van der Waals surface area contributed by atoms with E-state index in [-0.39, 0.29) is 12.0 Å². The molecular formula is C23H25FO3. The maximum atomic E-state index is 13.1. The van der Waals surface area contributed by atoms with Gasteiger partial charge in [0.15, 0.2) is 0 Å². The highest BCUT2D eigenvalue weighted by atomic mass is 19.1. The van der Waals surface area contributed by atoms with E-state index in [1.807, 2.05) is 12.1 Å². The van der Waals surface area contributed by atoms with Gasteiger partial charge in [-0.2, -0.15) is 9.59 Å². The second kappa shape index (κ2) is 9.84. The van der Waals surface area contributed by atoms with Crippen LogP contribution in [0.5, 0.6) is 5.75 Å². The molecule has 0 radical (unpaired) electrons. The van der Waals surface area contributed by atoms with E-state index in [1.54, 1.807) is 0 Å². The van der Waals surface area contributed by atoms with Gasteiger partial charge in [0.25, 0.3) is 0 Å². The van der Waals surface area contributed by atoms with Crippen LogP contribution >= 0.6 is 0 Å². The Balaban J connectivity index is 0.000000817. The molecule has 142 valence electrons. The van der Waals surface area contributed by atoms with Crippen molar-refractivity contribution in [3.05, 3.63) is 70.0 Å². The monoisotopic (exact) mass is 368 g/mol. The first kappa shape index (κ1) is 20.6. The number of carbonyl (C=O) groups excluding carboxylic acids is 2. The summed E-state index contributed by atoms with van der Waals surface area (Å²) >= 11 is 0. The maximum Gasteiger partial charge on any atom is 0.373 e. The Morgan fingerprint density at radius 2 is 1.67 bits per heavy atom. The van der Waals surface area contributed by atoms with E-state index in [9.17, 15) is 4.39 Å². The Labute approximate surface area is 159 Å². The van der Waals surface area contributed by atoms with E-state index in [4.69, 9.17) is 14.3 Å². The molecule has 2 aromatic rings. The molecule has 1 aliphatic rings. The SMILES string of the molecule is CCc1ccc(OCC2=C(c3ccc(F)cc3)CCC2)c(C)c1C.O=C=O. The maximum absolute atomic E-state index is 13.1. The molecule has 0 N–H and O–H groups in total. The average molecular weight is 368 g/mol. The molecule has 4 heteroatoms. The Morgan fingerprint density at radius 3 is 2.30 bits per heavy atom. The lowest BCUT2D eigenvalue weighted by atomic mass is 10.0. The van der Waals surface area contributed by atoms with Crippen LogP contribution in [0.3, 0.4) is 0 Å². The van der Waals surface area contributed by atoms with Crippen molar-refractivity contribution in [3.63, 3.8) is 0 Å². The lowest BCUT2D eigenvalue weighted by molar-refractivity contribution is -0.191. The van der Waals surface area contributed by atoms with Gasteiger partial charge in [-0.05, 0) is 91.1 Å². The minimum atomic E-state index is -0.183. The first-order valence-corrected chi connectivity index (χ1v) is 9.19. The van der Waals surface area contributed by atoms with Crippen molar-refractivity contribution in [2.24, 2.45) is 0 Å². The Kier molecular flexibility index (Phi) is 7.51. The molecule has 0 aliphatic heterocycles. The van der Waals surface area contributed by atoms with Gasteiger partial charge in [0.1, 0.15) is 18.2 Å². The van der Waals surface area contributed by atoms with Crippen LogP contribution in [-0.4, -0.2) is 12.8 Å². The topological polar surface area (TPSA) is 43.4 Å². The molecule has 0 aromatic heterocycles. The fourth-order valence-corrected chi connectivity index (χ4v) is 3.52.